The standard InChI is InChI=1S/C16H17N3O4S/c1-24(21,22)13-10-19(11-13)16(20)18-14-8-5-9-15(17-14)23-12-6-3-2-4-7-12/h2-9,13H,10-11H2,1H3,(H,17,18,20). The maximum absolute atomic E-state index is 12.1. The highest BCUT2D eigenvalue weighted by Gasteiger charge is 2.37. The number of rotatable bonds is 4. The second kappa shape index (κ2) is 6.48. The third-order valence-electron chi connectivity index (χ3n) is 3.66. The van der Waals surface area contributed by atoms with E-state index in [9.17, 15) is 13.2 Å². The Morgan fingerprint density at radius 2 is 1.88 bits per heavy atom. The van der Waals surface area contributed by atoms with Crippen molar-refractivity contribution in [3.63, 3.8) is 0 Å². The highest BCUT2D eigenvalue weighted by molar-refractivity contribution is 7.91. The van der Waals surface area contributed by atoms with Crippen molar-refractivity contribution < 1.29 is 17.9 Å². The van der Waals surface area contributed by atoms with E-state index in [4.69, 9.17) is 4.74 Å². The summed E-state index contributed by atoms with van der Waals surface area (Å²) in [5.41, 5.74) is 0. The molecule has 0 unspecified atom stereocenters. The molecule has 0 atom stereocenters. The van der Waals surface area contributed by atoms with Crippen LogP contribution >= 0.6 is 0 Å². The first-order chi connectivity index (χ1) is 11.4. The number of urea groups is 1. The molecule has 1 aromatic heterocycles. The normalized spacial score (nSPS) is 14.8. The van der Waals surface area contributed by atoms with Gasteiger partial charge in [-0.25, -0.2) is 13.2 Å². The predicted molar refractivity (Wildman–Crippen MR) is 90.0 cm³/mol. The van der Waals surface area contributed by atoms with Crippen LogP contribution in [0.3, 0.4) is 0 Å². The molecule has 1 aliphatic heterocycles. The number of likely N-dealkylation sites (tertiary alicyclic amines) is 1. The molecule has 1 N–H and O–H groups in total. The van der Waals surface area contributed by atoms with Crippen LogP contribution in [0.4, 0.5) is 10.6 Å². The van der Waals surface area contributed by atoms with Crippen LogP contribution in [0.5, 0.6) is 11.6 Å². The zero-order valence-corrected chi connectivity index (χ0v) is 13.9. The van der Waals surface area contributed by atoms with Gasteiger partial charge in [0.25, 0.3) is 0 Å². The Morgan fingerprint density at radius 1 is 1.17 bits per heavy atom. The summed E-state index contributed by atoms with van der Waals surface area (Å²) in [5, 5.41) is 2.16. The van der Waals surface area contributed by atoms with Crippen molar-refractivity contribution in [2.45, 2.75) is 5.25 Å². The first kappa shape index (κ1) is 16.3. The SMILES string of the molecule is CS(=O)(=O)C1CN(C(=O)Nc2cccc(Oc3ccccc3)n2)C1. The van der Waals surface area contributed by atoms with Gasteiger partial charge in [-0.2, -0.15) is 4.98 Å². The predicted octanol–water partition coefficient (Wildman–Crippen LogP) is 2.13. The van der Waals surface area contributed by atoms with Gasteiger partial charge in [-0.05, 0) is 18.2 Å². The number of ether oxygens (including phenoxy) is 1. The molecule has 8 heteroatoms. The molecule has 1 saturated heterocycles. The van der Waals surface area contributed by atoms with Gasteiger partial charge in [0.15, 0.2) is 9.84 Å². The van der Waals surface area contributed by atoms with Crippen LogP contribution < -0.4 is 10.1 Å². The summed E-state index contributed by atoms with van der Waals surface area (Å²) in [5.74, 6) is 1.35. The third-order valence-corrected chi connectivity index (χ3v) is 5.17. The second-order valence-electron chi connectivity index (χ2n) is 5.56. The molecule has 0 bridgehead atoms. The van der Waals surface area contributed by atoms with E-state index in [2.05, 4.69) is 10.3 Å². The summed E-state index contributed by atoms with van der Waals surface area (Å²) in [6.45, 7) is 0.399. The maximum Gasteiger partial charge on any atom is 0.323 e. The fourth-order valence-electron chi connectivity index (χ4n) is 2.21. The van der Waals surface area contributed by atoms with E-state index in [0.29, 0.717) is 17.4 Å². The van der Waals surface area contributed by atoms with E-state index in [1.165, 1.54) is 11.2 Å². The fourth-order valence-corrected chi connectivity index (χ4v) is 3.12. The lowest BCUT2D eigenvalue weighted by Gasteiger charge is -2.37. The maximum atomic E-state index is 12.1. The van der Waals surface area contributed by atoms with Gasteiger partial charge in [0, 0.05) is 25.4 Å². The summed E-state index contributed by atoms with van der Waals surface area (Å²) in [4.78, 5) is 17.7. The Hall–Kier alpha value is -2.61. The average molecular weight is 347 g/mol. The summed E-state index contributed by atoms with van der Waals surface area (Å²) in [7, 11) is -3.10. The van der Waals surface area contributed by atoms with Crippen molar-refractivity contribution in [2.24, 2.45) is 0 Å². The van der Waals surface area contributed by atoms with Crippen LogP contribution in [0.15, 0.2) is 48.5 Å². The number of benzene rings is 1. The lowest BCUT2D eigenvalue weighted by atomic mass is 10.2. The number of sulfone groups is 1. The van der Waals surface area contributed by atoms with Crippen molar-refractivity contribution in [1.82, 2.24) is 9.88 Å². The smallest absolute Gasteiger partial charge is 0.323 e. The number of aromatic nitrogens is 1. The van der Waals surface area contributed by atoms with Gasteiger partial charge in [0.2, 0.25) is 5.88 Å². The molecule has 1 aromatic carbocycles. The minimum atomic E-state index is -3.10. The molecule has 2 amide bonds. The van der Waals surface area contributed by atoms with Crippen molar-refractivity contribution in [2.75, 3.05) is 24.7 Å². The van der Waals surface area contributed by atoms with Gasteiger partial charge >= 0.3 is 6.03 Å². The fraction of sp³-hybridized carbons (Fsp3) is 0.250. The van der Waals surface area contributed by atoms with Gasteiger partial charge in [-0.15, -0.1) is 0 Å². The zero-order valence-electron chi connectivity index (χ0n) is 13.0. The summed E-state index contributed by atoms with van der Waals surface area (Å²) < 4.78 is 28.3. The molecule has 126 valence electrons. The minimum Gasteiger partial charge on any atom is -0.439 e. The van der Waals surface area contributed by atoms with Crippen LogP contribution in [0.1, 0.15) is 0 Å². The molecule has 0 saturated carbocycles. The Labute approximate surface area is 140 Å². The molecule has 2 aromatic rings. The Morgan fingerprint density at radius 3 is 2.54 bits per heavy atom. The van der Waals surface area contributed by atoms with E-state index in [-0.39, 0.29) is 19.1 Å². The van der Waals surface area contributed by atoms with E-state index in [1.54, 1.807) is 30.3 Å². The number of anilines is 1. The average Bonchev–Trinajstić information content (AvgIpc) is 2.45. The van der Waals surface area contributed by atoms with Crippen LogP contribution in [0.2, 0.25) is 0 Å². The number of nitrogens with one attached hydrogen (secondary N) is 1. The summed E-state index contributed by atoms with van der Waals surface area (Å²) in [6, 6.07) is 13.9. The largest absolute Gasteiger partial charge is 0.439 e. The number of hydrogen-bond acceptors (Lipinski definition) is 5. The van der Waals surface area contributed by atoms with Crippen molar-refractivity contribution in [3.05, 3.63) is 48.5 Å². The van der Waals surface area contributed by atoms with E-state index in [1.807, 2.05) is 18.2 Å². The highest BCUT2D eigenvalue weighted by atomic mass is 32.2. The molecule has 3 rings (SSSR count). The van der Waals surface area contributed by atoms with Crippen molar-refractivity contribution in [1.29, 1.82) is 0 Å². The topological polar surface area (TPSA) is 88.6 Å². The van der Waals surface area contributed by atoms with Crippen molar-refractivity contribution in [3.8, 4) is 11.6 Å². The first-order valence-electron chi connectivity index (χ1n) is 7.36. The van der Waals surface area contributed by atoms with Crippen LogP contribution in [-0.2, 0) is 9.84 Å². The zero-order chi connectivity index (χ0) is 17.2. The Balaban J connectivity index is 1.60. The monoisotopic (exact) mass is 347 g/mol. The number of hydrogen-bond donors (Lipinski definition) is 1. The Bertz CT molecular complexity index is 833. The lowest BCUT2D eigenvalue weighted by Crippen LogP contribution is -2.57. The van der Waals surface area contributed by atoms with E-state index >= 15 is 0 Å². The molecule has 1 aliphatic rings. The first-order valence-corrected chi connectivity index (χ1v) is 9.32. The lowest BCUT2D eigenvalue weighted by molar-refractivity contribution is 0.183. The summed E-state index contributed by atoms with van der Waals surface area (Å²) >= 11 is 0. The van der Waals surface area contributed by atoms with Crippen LogP contribution in [-0.4, -0.2) is 48.9 Å². The van der Waals surface area contributed by atoms with Crippen LogP contribution in [0.25, 0.3) is 0 Å². The quantitative estimate of drug-likeness (QED) is 0.915. The molecular formula is C16H17N3O4S. The van der Waals surface area contributed by atoms with Crippen LogP contribution in [0, 0.1) is 0 Å². The number of nitrogens with zero attached hydrogens (tertiary/aromatic N) is 2. The molecule has 0 aliphatic carbocycles. The molecule has 2 heterocycles. The number of carbonyl (C=O) groups excluding carboxylic acids is 1. The van der Waals surface area contributed by atoms with Gasteiger partial charge in [0.1, 0.15) is 11.6 Å². The minimum absolute atomic E-state index is 0.199. The van der Waals surface area contributed by atoms with Gasteiger partial charge < -0.3 is 9.64 Å². The third kappa shape index (κ3) is 3.83. The second-order valence-corrected chi connectivity index (χ2v) is 7.89. The number of pyridine rings is 1. The molecule has 1 fully saturated rings. The molecular weight excluding hydrogens is 330 g/mol. The molecule has 0 spiro atoms. The number of carbonyl (C=O) groups is 1. The molecule has 24 heavy (non-hydrogen) atoms. The summed E-state index contributed by atoms with van der Waals surface area (Å²) in [6.07, 6.45) is 1.18. The van der Waals surface area contributed by atoms with Gasteiger partial charge in [-0.1, -0.05) is 24.3 Å². The highest BCUT2D eigenvalue weighted by Crippen LogP contribution is 2.21. The Kier molecular flexibility index (Phi) is 4.39. The van der Waals surface area contributed by atoms with Gasteiger partial charge in [-0.3, -0.25) is 5.32 Å². The van der Waals surface area contributed by atoms with E-state index in [0.717, 1.165) is 0 Å². The molecule has 7 nitrogen and oxygen atoms in total. The van der Waals surface area contributed by atoms with Gasteiger partial charge in [0.05, 0.1) is 5.25 Å². The molecule has 0 radical (unpaired) electrons. The number of para-hydroxylation sites is 1. The van der Waals surface area contributed by atoms with Crippen molar-refractivity contribution >= 4 is 21.7 Å². The van der Waals surface area contributed by atoms with E-state index < -0.39 is 15.1 Å². The number of amides is 2.